The van der Waals surface area contributed by atoms with Crippen molar-refractivity contribution in [2.45, 2.75) is 38.9 Å². The first kappa shape index (κ1) is 15.2. The van der Waals surface area contributed by atoms with Gasteiger partial charge in [-0.1, -0.05) is 12.1 Å². The number of nitriles is 1. The van der Waals surface area contributed by atoms with Crippen LogP contribution in [0.5, 0.6) is 0 Å². The molecule has 0 unspecified atom stereocenters. The lowest BCUT2D eigenvalue weighted by Crippen LogP contribution is -2.41. The predicted octanol–water partition coefficient (Wildman–Crippen LogP) is 2.98. The van der Waals surface area contributed by atoms with E-state index in [0.29, 0.717) is 5.56 Å². The molecule has 0 N–H and O–H groups in total. The van der Waals surface area contributed by atoms with E-state index in [-0.39, 0.29) is 11.2 Å². The van der Waals surface area contributed by atoms with Crippen molar-refractivity contribution in [2.75, 3.05) is 0 Å². The van der Waals surface area contributed by atoms with Crippen LogP contribution < -0.4 is 5.59 Å². The van der Waals surface area contributed by atoms with Crippen LogP contribution in [0.3, 0.4) is 0 Å². The van der Waals surface area contributed by atoms with Crippen molar-refractivity contribution in [1.82, 2.24) is 4.98 Å². The number of hydrogen-bond donors (Lipinski definition) is 0. The highest BCUT2D eigenvalue weighted by Crippen LogP contribution is 2.36. The largest absolute Gasteiger partial charge is 0.515 e. The van der Waals surface area contributed by atoms with Crippen molar-refractivity contribution >= 4 is 24.0 Å². The van der Waals surface area contributed by atoms with Gasteiger partial charge in [0.1, 0.15) is 5.01 Å². The second kappa shape index (κ2) is 5.20. The van der Waals surface area contributed by atoms with Gasteiger partial charge in [0.05, 0.1) is 28.4 Å². The third-order valence-corrected chi connectivity index (χ3v) is 5.19. The van der Waals surface area contributed by atoms with Gasteiger partial charge in [-0.3, -0.25) is 0 Å². The van der Waals surface area contributed by atoms with Gasteiger partial charge in [-0.05, 0) is 39.8 Å². The molecule has 4 nitrogen and oxygen atoms in total. The lowest BCUT2D eigenvalue weighted by Gasteiger charge is -2.32. The van der Waals surface area contributed by atoms with Crippen LogP contribution in [0.15, 0.2) is 29.6 Å². The first-order chi connectivity index (χ1) is 10.3. The molecule has 0 spiro atoms. The van der Waals surface area contributed by atoms with E-state index in [4.69, 9.17) is 14.6 Å². The molecule has 6 heteroatoms. The maximum atomic E-state index is 8.85. The average molecular weight is 312 g/mol. The molecule has 1 saturated heterocycles. The Bertz CT molecular complexity index is 715. The molecule has 2 aromatic rings. The van der Waals surface area contributed by atoms with Crippen LogP contribution in [0.1, 0.15) is 33.3 Å². The monoisotopic (exact) mass is 312 g/mol. The molecule has 0 radical (unpaired) electrons. The predicted molar refractivity (Wildman–Crippen MR) is 88.0 cm³/mol. The zero-order valence-electron chi connectivity index (χ0n) is 13.1. The number of thiazole rings is 1. The van der Waals surface area contributed by atoms with Crippen molar-refractivity contribution in [2.24, 2.45) is 0 Å². The number of hydrogen-bond acceptors (Lipinski definition) is 5. The van der Waals surface area contributed by atoms with Crippen molar-refractivity contribution in [3.63, 3.8) is 0 Å². The Morgan fingerprint density at radius 1 is 1.09 bits per heavy atom. The first-order valence-electron chi connectivity index (χ1n) is 7.14. The molecule has 3 rings (SSSR count). The van der Waals surface area contributed by atoms with Crippen LogP contribution in [0, 0.1) is 11.3 Å². The summed E-state index contributed by atoms with van der Waals surface area (Å²) in [6.07, 6.45) is 0. The van der Waals surface area contributed by atoms with Gasteiger partial charge in [-0.2, -0.15) is 5.26 Å². The van der Waals surface area contributed by atoms with Gasteiger partial charge >= 0.3 is 7.12 Å². The Morgan fingerprint density at radius 3 is 2.23 bits per heavy atom. The number of nitrogens with zero attached hydrogens (tertiary/aromatic N) is 2. The van der Waals surface area contributed by atoms with Crippen molar-refractivity contribution in [1.29, 1.82) is 5.26 Å². The van der Waals surface area contributed by atoms with Gasteiger partial charge in [0.25, 0.3) is 0 Å². The molecule has 0 atom stereocenters. The number of benzene rings is 1. The summed E-state index contributed by atoms with van der Waals surface area (Å²) < 4.78 is 12.0. The Labute approximate surface area is 134 Å². The molecule has 1 aliphatic heterocycles. The highest BCUT2D eigenvalue weighted by Gasteiger charge is 2.52. The number of rotatable bonds is 2. The lowest BCUT2D eigenvalue weighted by atomic mass is 9.86. The Morgan fingerprint density at radius 2 is 1.68 bits per heavy atom. The second-order valence-electron chi connectivity index (χ2n) is 6.35. The van der Waals surface area contributed by atoms with E-state index in [2.05, 4.69) is 11.1 Å². The summed E-state index contributed by atoms with van der Waals surface area (Å²) in [6, 6.07) is 9.53. The van der Waals surface area contributed by atoms with Crippen LogP contribution in [0.25, 0.3) is 10.6 Å². The number of aromatic nitrogens is 1. The molecule has 2 heterocycles. The van der Waals surface area contributed by atoms with E-state index >= 15 is 0 Å². The van der Waals surface area contributed by atoms with Crippen molar-refractivity contribution in [3.05, 3.63) is 35.2 Å². The van der Waals surface area contributed by atoms with E-state index in [1.54, 1.807) is 23.5 Å². The molecule has 0 bridgehead atoms. The molecule has 1 fully saturated rings. The summed E-state index contributed by atoms with van der Waals surface area (Å²) in [7, 11) is -0.437. The van der Waals surface area contributed by atoms with Crippen LogP contribution in [-0.2, 0) is 9.31 Å². The first-order valence-corrected chi connectivity index (χ1v) is 8.02. The summed E-state index contributed by atoms with van der Waals surface area (Å²) in [6.45, 7) is 8.11. The maximum Gasteiger partial charge on any atom is 0.515 e. The molecule has 22 heavy (non-hydrogen) atoms. The average Bonchev–Trinajstić information content (AvgIpc) is 3.03. The van der Waals surface area contributed by atoms with Crippen LogP contribution in [0.2, 0.25) is 0 Å². The molecule has 0 amide bonds. The standard InChI is InChI=1S/C16H17BN2O2S/c1-15(2)16(3,4)21-17(20-15)13-10-22-14(19-13)12-7-5-11(9-18)6-8-12/h5-8,10H,1-4H3. The summed E-state index contributed by atoms with van der Waals surface area (Å²) in [4.78, 5) is 4.63. The zero-order chi connectivity index (χ0) is 16.0. The van der Waals surface area contributed by atoms with E-state index in [0.717, 1.165) is 16.2 Å². The Kier molecular flexibility index (Phi) is 3.60. The Hall–Kier alpha value is -1.68. The molecule has 112 valence electrons. The molecule has 0 saturated carbocycles. The van der Waals surface area contributed by atoms with Crippen molar-refractivity contribution in [3.8, 4) is 16.6 Å². The third kappa shape index (κ3) is 2.56. The molecule has 1 aromatic carbocycles. The van der Waals surface area contributed by atoms with Gasteiger partial charge in [0.2, 0.25) is 0 Å². The van der Waals surface area contributed by atoms with E-state index in [1.807, 2.05) is 45.2 Å². The molecular weight excluding hydrogens is 295 g/mol. The molecular formula is C16H17BN2O2S. The second-order valence-corrected chi connectivity index (χ2v) is 7.21. The smallest absolute Gasteiger partial charge is 0.398 e. The fourth-order valence-electron chi connectivity index (χ4n) is 2.18. The minimum atomic E-state index is -0.437. The summed E-state index contributed by atoms with van der Waals surface area (Å²) in [5.74, 6) is 0. The van der Waals surface area contributed by atoms with E-state index in [9.17, 15) is 0 Å². The normalized spacial score (nSPS) is 19.1. The Balaban J connectivity index is 1.84. The minimum Gasteiger partial charge on any atom is -0.398 e. The molecule has 0 aliphatic carbocycles. The highest BCUT2D eigenvalue weighted by atomic mass is 32.1. The van der Waals surface area contributed by atoms with Gasteiger partial charge < -0.3 is 9.31 Å². The zero-order valence-corrected chi connectivity index (χ0v) is 13.9. The van der Waals surface area contributed by atoms with Crippen LogP contribution in [0.4, 0.5) is 0 Å². The van der Waals surface area contributed by atoms with Gasteiger partial charge in [0.15, 0.2) is 0 Å². The van der Waals surface area contributed by atoms with Gasteiger partial charge in [-0.15, -0.1) is 11.3 Å². The summed E-state index contributed by atoms with van der Waals surface area (Å²) >= 11 is 1.55. The highest BCUT2D eigenvalue weighted by molar-refractivity contribution is 7.14. The third-order valence-electron chi connectivity index (χ3n) is 4.28. The molecule has 1 aromatic heterocycles. The lowest BCUT2D eigenvalue weighted by molar-refractivity contribution is 0.00578. The summed E-state index contributed by atoms with van der Waals surface area (Å²) in [5, 5.41) is 11.7. The molecule has 1 aliphatic rings. The van der Waals surface area contributed by atoms with E-state index < -0.39 is 7.12 Å². The quantitative estimate of drug-likeness (QED) is 0.800. The van der Waals surface area contributed by atoms with Gasteiger partial charge in [0, 0.05) is 10.9 Å². The maximum absolute atomic E-state index is 8.85. The fourth-order valence-corrected chi connectivity index (χ4v) is 3.00. The van der Waals surface area contributed by atoms with Crippen LogP contribution in [-0.4, -0.2) is 23.3 Å². The van der Waals surface area contributed by atoms with E-state index in [1.165, 1.54) is 0 Å². The van der Waals surface area contributed by atoms with Gasteiger partial charge in [-0.25, -0.2) is 4.98 Å². The minimum absolute atomic E-state index is 0.365. The fraction of sp³-hybridized carbons (Fsp3) is 0.375. The van der Waals surface area contributed by atoms with Crippen LogP contribution >= 0.6 is 11.3 Å². The SMILES string of the molecule is CC1(C)OB(c2csc(-c3ccc(C#N)cc3)n2)OC1(C)C. The topological polar surface area (TPSA) is 55.1 Å². The van der Waals surface area contributed by atoms with Crippen molar-refractivity contribution < 1.29 is 9.31 Å². The summed E-state index contributed by atoms with van der Waals surface area (Å²) in [5.41, 5.74) is 1.70.